The molecular weight excluding hydrogens is 226 g/mol. The summed E-state index contributed by atoms with van der Waals surface area (Å²) in [6.07, 6.45) is 0. The second-order valence-corrected chi connectivity index (χ2v) is 5.62. The van der Waals surface area contributed by atoms with Crippen LogP contribution in [-0.2, 0) is 11.3 Å². The molecule has 0 bridgehead atoms. The smallest absolute Gasteiger partial charge is 0.338 e. The fraction of sp³-hybridized carbons (Fsp3) is 0.533. The van der Waals surface area contributed by atoms with Gasteiger partial charge in [-0.3, -0.25) is 0 Å². The summed E-state index contributed by atoms with van der Waals surface area (Å²) in [5.41, 5.74) is 1.80. The minimum atomic E-state index is -0.282. The van der Waals surface area contributed by atoms with Gasteiger partial charge < -0.3 is 10.1 Å². The minimum Gasteiger partial charge on any atom is -0.465 e. The lowest BCUT2D eigenvalue weighted by Crippen LogP contribution is -2.37. The number of carbonyl (C=O) groups is 1. The molecule has 100 valence electrons. The van der Waals surface area contributed by atoms with Crippen LogP contribution in [-0.4, -0.2) is 19.1 Å². The highest BCUT2D eigenvalue weighted by atomic mass is 16.5. The highest BCUT2D eigenvalue weighted by Gasteiger charge is 2.20. The van der Waals surface area contributed by atoms with Gasteiger partial charge in [0, 0.05) is 12.6 Å². The van der Waals surface area contributed by atoms with Crippen LogP contribution in [0.4, 0.5) is 0 Å². The van der Waals surface area contributed by atoms with Gasteiger partial charge in [0.05, 0.1) is 12.7 Å². The molecule has 0 saturated heterocycles. The van der Waals surface area contributed by atoms with E-state index in [9.17, 15) is 4.79 Å². The maximum Gasteiger partial charge on any atom is 0.338 e. The van der Waals surface area contributed by atoms with E-state index in [0.717, 1.165) is 5.56 Å². The molecule has 0 amide bonds. The Labute approximate surface area is 110 Å². The van der Waals surface area contributed by atoms with Crippen molar-refractivity contribution in [1.82, 2.24) is 5.32 Å². The average Bonchev–Trinajstić information content (AvgIpc) is 2.34. The molecule has 0 aliphatic heterocycles. The van der Waals surface area contributed by atoms with Crippen molar-refractivity contribution in [2.75, 3.05) is 7.11 Å². The molecule has 0 heterocycles. The van der Waals surface area contributed by atoms with Crippen molar-refractivity contribution in [3.05, 3.63) is 35.4 Å². The Kier molecular flexibility index (Phi) is 4.91. The third-order valence-electron chi connectivity index (χ3n) is 3.32. The molecule has 1 aromatic carbocycles. The van der Waals surface area contributed by atoms with Crippen LogP contribution in [0.2, 0.25) is 0 Å². The van der Waals surface area contributed by atoms with E-state index in [1.807, 2.05) is 18.2 Å². The fourth-order valence-electron chi connectivity index (χ4n) is 1.55. The summed E-state index contributed by atoms with van der Waals surface area (Å²) in [5, 5.41) is 3.45. The molecule has 0 aliphatic rings. The van der Waals surface area contributed by atoms with Gasteiger partial charge in [-0.05, 0) is 24.0 Å². The molecule has 1 rings (SSSR count). The zero-order valence-corrected chi connectivity index (χ0v) is 11.9. The number of carbonyl (C=O) groups excluding carboxylic acids is 1. The summed E-state index contributed by atoms with van der Waals surface area (Å²) >= 11 is 0. The van der Waals surface area contributed by atoms with Gasteiger partial charge in [0.15, 0.2) is 0 Å². The average molecular weight is 249 g/mol. The molecule has 0 spiro atoms. The Balaban J connectivity index is 2.76. The molecule has 0 saturated carbocycles. The van der Waals surface area contributed by atoms with Crippen molar-refractivity contribution in [3.8, 4) is 0 Å². The molecule has 0 radical (unpaired) electrons. The maximum absolute atomic E-state index is 11.6. The molecular formula is C15H23NO2. The van der Waals surface area contributed by atoms with Gasteiger partial charge in [-0.1, -0.05) is 39.0 Å². The lowest BCUT2D eigenvalue weighted by atomic mass is 9.88. The predicted octanol–water partition coefficient (Wildman–Crippen LogP) is 3.00. The van der Waals surface area contributed by atoms with Gasteiger partial charge >= 0.3 is 5.97 Å². The van der Waals surface area contributed by atoms with E-state index >= 15 is 0 Å². The van der Waals surface area contributed by atoms with Crippen molar-refractivity contribution in [2.24, 2.45) is 5.41 Å². The third-order valence-corrected chi connectivity index (χ3v) is 3.32. The minimum absolute atomic E-state index is 0.195. The molecule has 0 fully saturated rings. The van der Waals surface area contributed by atoms with Crippen LogP contribution in [0.1, 0.15) is 43.6 Å². The first-order valence-electron chi connectivity index (χ1n) is 6.26. The molecule has 1 N–H and O–H groups in total. The topological polar surface area (TPSA) is 38.3 Å². The number of methoxy groups -OCH3 is 1. The summed E-state index contributed by atoms with van der Waals surface area (Å²) in [6, 6.07) is 7.90. The molecule has 1 aromatic rings. The Morgan fingerprint density at radius 3 is 2.50 bits per heavy atom. The van der Waals surface area contributed by atoms with Crippen molar-refractivity contribution in [1.29, 1.82) is 0 Å². The number of nitrogens with one attached hydrogen (secondary N) is 1. The maximum atomic E-state index is 11.6. The lowest BCUT2D eigenvalue weighted by Gasteiger charge is -2.28. The van der Waals surface area contributed by atoms with Gasteiger partial charge in [0.25, 0.3) is 0 Å². The van der Waals surface area contributed by atoms with Crippen LogP contribution in [0.3, 0.4) is 0 Å². The van der Waals surface area contributed by atoms with E-state index in [0.29, 0.717) is 18.2 Å². The van der Waals surface area contributed by atoms with Gasteiger partial charge in [-0.25, -0.2) is 4.79 Å². The Morgan fingerprint density at radius 1 is 1.33 bits per heavy atom. The Hall–Kier alpha value is -1.35. The quantitative estimate of drug-likeness (QED) is 0.834. The van der Waals surface area contributed by atoms with Crippen molar-refractivity contribution >= 4 is 5.97 Å². The van der Waals surface area contributed by atoms with E-state index in [2.05, 4.69) is 33.0 Å². The van der Waals surface area contributed by atoms with E-state index in [-0.39, 0.29) is 11.4 Å². The molecule has 0 aromatic heterocycles. The van der Waals surface area contributed by atoms with E-state index < -0.39 is 0 Å². The van der Waals surface area contributed by atoms with Crippen LogP contribution in [0, 0.1) is 5.41 Å². The first-order valence-corrected chi connectivity index (χ1v) is 6.26. The first kappa shape index (κ1) is 14.7. The van der Waals surface area contributed by atoms with E-state index in [1.165, 1.54) is 7.11 Å². The van der Waals surface area contributed by atoms with Crippen LogP contribution in [0.5, 0.6) is 0 Å². The van der Waals surface area contributed by atoms with Gasteiger partial charge in [-0.2, -0.15) is 0 Å². The Morgan fingerprint density at radius 2 is 1.94 bits per heavy atom. The second kappa shape index (κ2) is 6.01. The monoisotopic (exact) mass is 249 g/mol. The SMILES string of the molecule is COC(=O)c1ccccc1CNC(C)C(C)(C)C. The summed E-state index contributed by atoms with van der Waals surface area (Å²) in [6.45, 7) is 9.40. The van der Waals surface area contributed by atoms with Gasteiger partial charge in [0.2, 0.25) is 0 Å². The van der Waals surface area contributed by atoms with Crippen LogP contribution in [0.25, 0.3) is 0 Å². The molecule has 1 atom stereocenters. The molecule has 18 heavy (non-hydrogen) atoms. The molecule has 3 heteroatoms. The predicted molar refractivity (Wildman–Crippen MR) is 73.5 cm³/mol. The fourth-order valence-corrected chi connectivity index (χ4v) is 1.55. The van der Waals surface area contributed by atoms with Gasteiger partial charge in [0.1, 0.15) is 0 Å². The number of hydrogen-bond acceptors (Lipinski definition) is 3. The number of ether oxygens (including phenoxy) is 1. The van der Waals surface area contributed by atoms with E-state index in [1.54, 1.807) is 6.07 Å². The lowest BCUT2D eigenvalue weighted by molar-refractivity contribution is 0.0599. The zero-order chi connectivity index (χ0) is 13.8. The number of hydrogen-bond donors (Lipinski definition) is 1. The normalized spacial score (nSPS) is 13.2. The van der Waals surface area contributed by atoms with E-state index in [4.69, 9.17) is 4.74 Å². The number of benzene rings is 1. The standard InChI is InChI=1S/C15H23NO2/c1-11(15(2,3)4)16-10-12-8-6-7-9-13(12)14(17)18-5/h6-9,11,16H,10H2,1-5H3. The van der Waals surface area contributed by atoms with Crippen LogP contribution < -0.4 is 5.32 Å². The van der Waals surface area contributed by atoms with Crippen molar-refractivity contribution < 1.29 is 9.53 Å². The van der Waals surface area contributed by atoms with Crippen LogP contribution in [0.15, 0.2) is 24.3 Å². The summed E-state index contributed by atoms with van der Waals surface area (Å²) in [4.78, 5) is 11.6. The second-order valence-electron chi connectivity index (χ2n) is 5.62. The third kappa shape index (κ3) is 3.84. The summed E-state index contributed by atoms with van der Waals surface area (Å²) in [7, 11) is 1.41. The Bertz CT molecular complexity index is 407. The van der Waals surface area contributed by atoms with Crippen molar-refractivity contribution in [3.63, 3.8) is 0 Å². The van der Waals surface area contributed by atoms with Crippen molar-refractivity contribution in [2.45, 2.75) is 40.3 Å². The summed E-state index contributed by atoms with van der Waals surface area (Å²) < 4.78 is 4.78. The molecule has 3 nitrogen and oxygen atoms in total. The number of esters is 1. The first-order chi connectivity index (χ1) is 8.36. The highest BCUT2D eigenvalue weighted by Crippen LogP contribution is 2.19. The zero-order valence-electron chi connectivity index (χ0n) is 11.9. The number of rotatable bonds is 4. The van der Waals surface area contributed by atoms with Crippen LogP contribution >= 0.6 is 0 Å². The molecule has 0 aliphatic carbocycles. The highest BCUT2D eigenvalue weighted by molar-refractivity contribution is 5.90. The summed E-state index contributed by atoms with van der Waals surface area (Å²) in [5.74, 6) is -0.282. The molecule has 1 unspecified atom stereocenters. The van der Waals surface area contributed by atoms with Gasteiger partial charge in [-0.15, -0.1) is 0 Å². The largest absolute Gasteiger partial charge is 0.465 e.